The Morgan fingerprint density at radius 3 is 2.35 bits per heavy atom. The Hall–Kier alpha value is -2.03. The molecular formula is C22H33Cl2N3O4. The summed E-state index contributed by atoms with van der Waals surface area (Å²) in [5, 5.41) is 18.5. The van der Waals surface area contributed by atoms with E-state index in [0.717, 1.165) is 29.9 Å². The van der Waals surface area contributed by atoms with Crippen molar-refractivity contribution in [2.24, 2.45) is 0 Å². The molecule has 4 N–H and O–H groups in total. The van der Waals surface area contributed by atoms with E-state index in [9.17, 15) is 9.90 Å². The first-order valence-corrected chi connectivity index (χ1v) is 9.73. The van der Waals surface area contributed by atoms with Crippen LogP contribution in [0.1, 0.15) is 18.1 Å². The number of aliphatic hydroxyl groups is 1. The number of aliphatic hydroxyl groups excluding tert-OH is 1. The number of anilines is 1. The van der Waals surface area contributed by atoms with Gasteiger partial charge in [-0.25, -0.2) is 0 Å². The molecule has 9 heteroatoms. The van der Waals surface area contributed by atoms with E-state index >= 15 is 0 Å². The van der Waals surface area contributed by atoms with E-state index < -0.39 is 0 Å². The van der Waals surface area contributed by atoms with E-state index in [0.29, 0.717) is 24.6 Å². The summed E-state index contributed by atoms with van der Waals surface area (Å²) in [7, 11) is 1.58. The lowest BCUT2D eigenvalue weighted by Crippen LogP contribution is -2.31. The number of carbonyl (C=O) groups is 1. The van der Waals surface area contributed by atoms with Crippen LogP contribution in [0, 0.1) is 6.92 Å². The third kappa shape index (κ3) is 11.2. The third-order valence-corrected chi connectivity index (χ3v) is 4.17. The minimum atomic E-state index is -0.342. The van der Waals surface area contributed by atoms with Crippen LogP contribution < -0.4 is 25.4 Å². The molecule has 0 aromatic heterocycles. The maximum Gasteiger partial charge on any atom is 0.262 e. The molecule has 1 unspecified atom stereocenters. The smallest absolute Gasteiger partial charge is 0.262 e. The molecule has 0 aliphatic carbocycles. The first kappa shape index (κ1) is 29.0. The fourth-order valence-corrected chi connectivity index (χ4v) is 2.64. The van der Waals surface area contributed by atoms with Crippen molar-refractivity contribution in [3.8, 4) is 11.5 Å². The SMILES string of the molecule is COc1cc(CNCCNCC(C)O)ccc1OCC(=O)Nc1ccc(C)cc1.Cl.Cl. The van der Waals surface area contributed by atoms with E-state index in [1.54, 1.807) is 20.1 Å². The molecule has 2 aromatic carbocycles. The van der Waals surface area contributed by atoms with Crippen LogP contribution in [0.5, 0.6) is 11.5 Å². The number of rotatable bonds is 12. The van der Waals surface area contributed by atoms with E-state index in [-0.39, 0.29) is 43.4 Å². The molecule has 0 saturated heterocycles. The lowest BCUT2D eigenvalue weighted by atomic mass is 10.2. The molecule has 7 nitrogen and oxygen atoms in total. The molecule has 0 saturated carbocycles. The van der Waals surface area contributed by atoms with Crippen molar-refractivity contribution in [1.29, 1.82) is 0 Å². The van der Waals surface area contributed by atoms with Crippen molar-refractivity contribution < 1.29 is 19.4 Å². The molecule has 0 bridgehead atoms. The van der Waals surface area contributed by atoms with Crippen LogP contribution >= 0.6 is 24.8 Å². The van der Waals surface area contributed by atoms with Gasteiger partial charge in [0.25, 0.3) is 5.91 Å². The molecule has 0 heterocycles. The number of methoxy groups -OCH3 is 1. The maximum absolute atomic E-state index is 12.1. The van der Waals surface area contributed by atoms with Gasteiger partial charge in [-0.15, -0.1) is 24.8 Å². The number of benzene rings is 2. The van der Waals surface area contributed by atoms with Gasteiger partial charge in [0.1, 0.15) is 0 Å². The zero-order valence-electron chi connectivity index (χ0n) is 18.1. The molecular weight excluding hydrogens is 441 g/mol. The van der Waals surface area contributed by atoms with E-state index in [2.05, 4.69) is 16.0 Å². The zero-order valence-corrected chi connectivity index (χ0v) is 19.8. The quantitative estimate of drug-likeness (QED) is 0.354. The van der Waals surface area contributed by atoms with Crippen LogP contribution in [0.15, 0.2) is 42.5 Å². The molecule has 1 atom stereocenters. The predicted molar refractivity (Wildman–Crippen MR) is 129 cm³/mol. The molecule has 0 spiro atoms. The number of carbonyl (C=O) groups excluding carboxylic acids is 1. The lowest BCUT2D eigenvalue weighted by Gasteiger charge is -2.13. The van der Waals surface area contributed by atoms with Crippen LogP contribution in [0.2, 0.25) is 0 Å². The van der Waals surface area contributed by atoms with Gasteiger partial charge in [-0.2, -0.15) is 0 Å². The average molecular weight is 474 g/mol. The topological polar surface area (TPSA) is 91.8 Å². The molecule has 2 rings (SSSR count). The van der Waals surface area contributed by atoms with E-state index in [4.69, 9.17) is 9.47 Å². The fourth-order valence-electron chi connectivity index (χ4n) is 2.64. The molecule has 174 valence electrons. The predicted octanol–water partition coefficient (Wildman–Crippen LogP) is 2.92. The molecule has 0 aliphatic heterocycles. The summed E-state index contributed by atoms with van der Waals surface area (Å²) >= 11 is 0. The summed E-state index contributed by atoms with van der Waals surface area (Å²) in [4.78, 5) is 12.1. The average Bonchev–Trinajstić information content (AvgIpc) is 2.70. The molecule has 2 aromatic rings. The van der Waals surface area contributed by atoms with Crippen molar-refractivity contribution in [3.63, 3.8) is 0 Å². The minimum absolute atomic E-state index is 0. The highest BCUT2D eigenvalue weighted by molar-refractivity contribution is 5.91. The number of halogens is 2. The summed E-state index contributed by atoms with van der Waals surface area (Å²) in [6.07, 6.45) is -0.342. The Morgan fingerprint density at radius 1 is 1.03 bits per heavy atom. The third-order valence-electron chi connectivity index (χ3n) is 4.17. The summed E-state index contributed by atoms with van der Waals surface area (Å²) in [5.74, 6) is 0.875. The molecule has 1 amide bonds. The Balaban J connectivity index is 0.00000450. The highest BCUT2D eigenvalue weighted by atomic mass is 35.5. The van der Waals surface area contributed by atoms with Gasteiger partial charge in [0, 0.05) is 31.9 Å². The zero-order chi connectivity index (χ0) is 21.1. The van der Waals surface area contributed by atoms with Gasteiger partial charge in [0.2, 0.25) is 0 Å². The summed E-state index contributed by atoms with van der Waals surface area (Å²) in [6, 6.07) is 13.2. The van der Waals surface area contributed by atoms with Gasteiger partial charge in [-0.3, -0.25) is 4.79 Å². The Bertz CT molecular complexity index is 774. The molecule has 31 heavy (non-hydrogen) atoms. The van der Waals surface area contributed by atoms with Crippen molar-refractivity contribution in [2.75, 3.05) is 38.7 Å². The molecule has 0 radical (unpaired) electrons. The van der Waals surface area contributed by atoms with E-state index in [1.807, 2.05) is 43.3 Å². The second-order valence-electron chi connectivity index (χ2n) is 6.92. The van der Waals surface area contributed by atoms with Crippen molar-refractivity contribution in [3.05, 3.63) is 53.6 Å². The highest BCUT2D eigenvalue weighted by Gasteiger charge is 2.09. The number of hydrogen-bond donors (Lipinski definition) is 4. The van der Waals surface area contributed by atoms with Gasteiger partial charge in [-0.1, -0.05) is 23.8 Å². The first-order valence-electron chi connectivity index (χ1n) is 9.73. The number of aryl methyl sites for hydroxylation is 1. The van der Waals surface area contributed by atoms with Gasteiger partial charge >= 0.3 is 0 Å². The Labute approximate surface area is 196 Å². The van der Waals surface area contributed by atoms with Crippen LogP contribution in [-0.4, -0.2) is 50.5 Å². The molecule has 0 fully saturated rings. The van der Waals surface area contributed by atoms with Crippen LogP contribution in [0.25, 0.3) is 0 Å². The van der Waals surface area contributed by atoms with Gasteiger partial charge in [0.05, 0.1) is 13.2 Å². The second-order valence-corrected chi connectivity index (χ2v) is 6.92. The Kier molecular flexibility index (Phi) is 14.7. The van der Waals surface area contributed by atoms with Crippen LogP contribution in [0.4, 0.5) is 5.69 Å². The summed E-state index contributed by atoms with van der Waals surface area (Å²) in [6.45, 7) is 6.47. The summed E-state index contributed by atoms with van der Waals surface area (Å²) < 4.78 is 11.0. The second kappa shape index (κ2) is 15.7. The summed E-state index contributed by atoms with van der Waals surface area (Å²) in [5.41, 5.74) is 2.92. The monoisotopic (exact) mass is 473 g/mol. The molecule has 0 aliphatic rings. The van der Waals surface area contributed by atoms with Crippen molar-refractivity contribution in [1.82, 2.24) is 10.6 Å². The van der Waals surface area contributed by atoms with Crippen molar-refractivity contribution >= 4 is 36.4 Å². The van der Waals surface area contributed by atoms with Crippen LogP contribution in [0.3, 0.4) is 0 Å². The minimum Gasteiger partial charge on any atom is -0.493 e. The van der Waals surface area contributed by atoms with Crippen molar-refractivity contribution in [2.45, 2.75) is 26.5 Å². The van der Waals surface area contributed by atoms with Gasteiger partial charge in [0.15, 0.2) is 18.1 Å². The maximum atomic E-state index is 12.1. The Morgan fingerprint density at radius 2 is 1.71 bits per heavy atom. The van der Waals surface area contributed by atoms with Gasteiger partial charge in [-0.05, 0) is 43.7 Å². The standard InChI is InChI=1S/C22H31N3O4.2ClH/c1-16-4-7-19(8-5-16)25-22(27)15-29-20-9-6-18(12-21(20)28-3)14-24-11-10-23-13-17(2)26;;/h4-9,12,17,23-24,26H,10-11,13-15H2,1-3H3,(H,25,27);2*1H. The normalized spacial score (nSPS) is 11.0. The number of nitrogens with one attached hydrogen (secondary N) is 3. The highest BCUT2D eigenvalue weighted by Crippen LogP contribution is 2.28. The van der Waals surface area contributed by atoms with E-state index in [1.165, 1.54) is 0 Å². The van der Waals surface area contributed by atoms with Gasteiger partial charge < -0.3 is 30.5 Å². The van der Waals surface area contributed by atoms with Crippen LogP contribution in [-0.2, 0) is 11.3 Å². The lowest BCUT2D eigenvalue weighted by molar-refractivity contribution is -0.118. The number of amides is 1. The first-order chi connectivity index (χ1) is 14.0. The number of ether oxygens (including phenoxy) is 2. The number of hydrogen-bond acceptors (Lipinski definition) is 6. The largest absolute Gasteiger partial charge is 0.493 e. The fraction of sp³-hybridized carbons (Fsp3) is 0.409.